The van der Waals surface area contributed by atoms with E-state index in [1.54, 1.807) is 0 Å². The van der Waals surface area contributed by atoms with Gasteiger partial charge in [-0.3, -0.25) is 4.98 Å². The lowest BCUT2D eigenvalue weighted by Crippen LogP contribution is -2.28. The van der Waals surface area contributed by atoms with E-state index in [2.05, 4.69) is 38.7 Å². The Morgan fingerprint density at radius 3 is 2.62 bits per heavy atom. The standard InChI is InChI=1S/C19H23N5/c1-13-14(2)23-24-19(18(13)12-20)22-16-8-6-15(7-9-16)11-17-5-3-4-10-21-17/h3-5,10,15-16H,6-9,11H2,1-2H3,(H,22,24). The van der Waals surface area contributed by atoms with Crippen LogP contribution >= 0.6 is 0 Å². The number of anilines is 1. The third-order valence-corrected chi connectivity index (χ3v) is 4.98. The molecule has 1 aliphatic rings. The minimum Gasteiger partial charge on any atom is -0.365 e. The minimum atomic E-state index is 0.369. The van der Waals surface area contributed by atoms with Gasteiger partial charge in [0.25, 0.3) is 0 Å². The molecule has 0 aliphatic heterocycles. The number of nitrogens with one attached hydrogen (secondary N) is 1. The van der Waals surface area contributed by atoms with Gasteiger partial charge in [-0.1, -0.05) is 6.07 Å². The molecule has 0 bridgehead atoms. The summed E-state index contributed by atoms with van der Waals surface area (Å²) in [6, 6.07) is 8.75. The van der Waals surface area contributed by atoms with E-state index in [1.165, 1.54) is 18.5 Å². The van der Waals surface area contributed by atoms with E-state index >= 15 is 0 Å². The minimum absolute atomic E-state index is 0.369. The molecule has 3 rings (SSSR count). The van der Waals surface area contributed by atoms with E-state index in [9.17, 15) is 5.26 Å². The number of nitrogens with zero attached hydrogens (tertiary/aromatic N) is 4. The SMILES string of the molecule is Cc1nnc(NC2CCC(Cc3ccccn3)CC2)c(C#N)c1C. The zero-order valence-electron chi connectivity index (χ0n) is 14.3. The zero-order valence-corrected chi connectivity index (χ0v) is 14.3. The first-order valence-corrected chi connectivity index (χ1v) is 8.57. The molecule has 2 aromatic heterocycles. The molecule has 5 nitrogen and oxygen atoms in total. The van der Waals surface area contributed by atoms with Gasteiger partial charge in [-0.25, -0.2) is 0 Å². The topological polar surface area (TPSA) is 74.5 Å². The van der Waals surface area contributed by atoms with Crippen molar-refractivity contribution in [1.29, 1.82) is 5.26 Å². The van der Waals surface area contributed by atoms with Gasteiger partial charge >= 0.3 is 0 Å². The number of rotatable bonds is 4. The molecule has 24 heavy (non-hydrogen) atoms. The Labute approximate surface area is 143 Å². The van der Waals surface area contributed by atoms with Gasteiger partial charge in [-0.2, -0.15) is 10.4 Å². The summed E-state index contributed by atoms with van der Waals surface area (Å²) < 4.78 is 0. The molecule has 2 aromatic rings. The third kappa shape index (κ3) is 3.70. The van der Waals surface area contributed by atoms with E-state index in [-0.39, 0.29) is 0 Å². The van der Waals surface area contributed by atoms with Crippen LogP contribution < -0.4 is 5.32 Å². The van der Waals surface area contributed by atoms with Crippen molar-refractivity contribution in [2.45, 2.75) is 52.0 Å². The van der Waals surface area contributed by atoms with Crippen molar-refractivity contribution in [3.05, 3.63) is 46.9 Å². The van der Waals surface area contributed by atoms with Crippen LogP contribution in [0.25, 0.3) is 0 Å². The van der Waals surface area contributed by atoms with Gasteiger partial charge in [0.2, 0.25) is 0 Å². The first-order valence-electron chi connectivity index (χ1n) is 8.57. The molecule has 1 saturated carbocycles. The Morgan fingerprint density at radius 2 is 1.96 bits per heavy atom. The Hall–Kier alpha value is -2.48. The van der Waals surface area contributed by atoms with Crippen molar-refractivity contribution in [3.8, 4) is 6.07 Å². The number of nitriles is 1. The fourth-order valence-corrected chi connectivity index (χ4v) is 3.37. The number of hydrogen-bond acceptors (Lipinski definition) is 5. The third-order valence-electron chi connectivity index (χ3n) is 4.98. The monoisotopic (exact) mass is 321 g/mol. The van der Waals surface area contributed by atoms with E-state index in [0.717, 1.165) is 30.5 Å². The van der Waals surface area contributed by atoms with Gasteiger partial charge in [-0.15, -0.1) is 5.10 Å². The summed E-state index contributed by atoms with van der Waals surface area (Å²) in [6.07, 6.45) is 7.46. The molecule has 0 radical (unpaired) electrons. The van der Waals surface area contributed by atoms with Crippen molar-refractivity contribution < 1.29 is 0 Å². The summed E-state index contributed by atoms with van der Waals surface area (Å²) in [4.78, 5) is 4.43. The van der Waals surface area contributed by atoms with Gasteiger partial charge in [0.05, 0.1) is 5.69 Å². The second-order valence-electron chi connectivity index (χ2n) is 6.63. The lowest BCUT2D eigenvalue weighted by molar-refractivity contribution is 0.334. The number of pyridine rings is 1. The summed E-state index contributed by atoms with van der Waals surface area (Å²) in [5.74, 6) is 1.33. The van der Waals surface area contributed by atoms with Gasteiger partial charge < -0.3 is 5.32 Å². The highest BCUT2D eigenvalue weighted by Gasteiger charge is 2.23. The van der Waals surface area contributed by atoms with Crippen LogP contribution in [0.1, 0.15) is 48.2 Å². The van der Waals surface area contributed by atoms with Gasteiger partial charge in [0, 0.05) is 17.9 Å². The van der Waals surface area contributed by atoms with E-state index in [1.807, 2.05) is 26.1 Å². The normalized spacial score (nSPS) is 20.4. The Morgan fingerprint density at radius 1 is 1.17 bits per heavy atom. The summed E-state index contributed by atoms with van der Waals surface area (Å²) in [7, 11) is 0. The Kier molecular flexibility index (Phi) is 5.05. The molecule has 1 fully saturated rings. The highest BCUT2D eigenvalue weighted by Crippen LogP contribution is 2.29. The molecule has 1 aliphatic carbocycles. The average Bonchev–Trinajstić information content (AvgIpc) is 2.61. The van der Waals surface area contributed by atoms with Crippen LogP contribution in [0.15, 0.2) is 24.4 Å². The second-order valence-corrected chi connectivity index (χ2v) is 6.63. The molecule has 0 saturated heterocycles. The first-order chi connectivity index (χ1) is 11.7. The van der Waals surface area contributed by atoms with Crippen LogP contribution in [0, 0.1) is 31.1 Å². The largest absolute Gasteiger partial charge is 0.365 e. The van der Waals surface area contributed by atoms with Crippen LogP contribution in [0.5, 0.6) is 0 Å². The molecule has 1 N–H and O–H groups in total. The molecule has 0 aromatic carbocycles. The number of hydrogen-bond donors (Lipinski definition) is 1. The van der Waals surface area contributed by atoms with Crippen LogP contribution in [0.2, 0.25) is 0 Å². The predicted octanol–water partition coefficient (Wildman–Crippen LogP) is 3.57. The maximum absolute atomic E-state index is 9.39. The van der Waals surface area contributed by atoms with Crippen LogP contribution in [0.4, 0.5) is 5.82 Å². The summed E-state index contributed by atoms with van der Waals surface area (Å²) in [6.45, 7) is 3.81. The van der Waals surface area contributed by atoms with Crippen molar-refractivity contribution in [1.82, 2.24) is 15.2 Å². The van der Waals surface area contributed by atoms with Crippen molar-refractivity contribution in [3.63, 3.8) is 0 Å². The Bertz CT molecular complexity index is 727. The molecular formula is C19H23N5. The lowest BCUT2D eigenvalue weighted by atomic mass is 9.83. The molecular weight excluding hydrogens is 298 g/mol. The van der Waals surface area contributed by atoms with E-state index in [4.69, 9.17) is 0 Å². The second kappa shape index (κ2) is 7.39. The van der Waals surface area contributed by atoms with E-state index < -0.39 is 0 Å². The fourth-order valence-electron chi connectivity index (χ4n) is 3.37. The Balaban J connectivity index is 1.58. The quantitative estimate of drug-likeness (QED) is 0.931. The van der Waals surface area contributed by atoms with Crippen molar-refractivity contribution in [2.24, 2.45) is 5.92 Å². The maximum atomic E-state index is 9.39. The molecule has 0 spiro atoms. The molecule has 124 valence electrons. The summed E-state index contributed by atoms with van der Waals surface area (Å²) in [5, 5.41) is 21.2. The molecule has 0 unspecified atom stereocenters. The first kappa shape index (κ1) is 16.4. The summed E-state index contributed by atoms with van der Waals surface area (Å²) >= 11 is 0. The van der Waals surface area contributed by atoms with Crippen LogP contribution in [-0.4, -0.2) is 21.2 Å². The molecule has 5 heteroatoms. The van der Waals surface area contributed by atoms with Gasteiger partial charge in [0.1, 0.15) is 11.6 Å². The zero-order chi connectivity index (χ0) is 16.9. The van der Waals surface area contributed by atoms with Gasteiger partial charge in [0.15, 0.2) is 5.82 Å². The van der Waals surface area contributed by atoms with Crippen LogP contribution in [-0.2, 0) is 6.42 Å². The molecule has 2 heterocycles. The average molecular weight is 321 g/mol. The number of aromatic nitrogens is 3. The predicted molar refractivity (Wildman–Crippen MR) is 93.5 cm³/mol. The fraction of sp³-hybridized carbons (Fsp3) is 0.474. The summed E-state index contributed by atoms with van der Waals surface area (Å²) in [5.41, 5.74) is 3.54. The van der Waals surface area contributed by atoms with Gasteiger partial charge in [-0.05, 0) is 69.6 Å². The van der Waals surface area contributed by atoms with Crippen molar-refractivity contribution in [2.75, 3.05) is 5.32 Å². The van der Waals surface area contributed by atoms with Crippen molar-refractivity contribution >= 4 is 5.82 Å². The lowest BCUT2D eigenvalue weighted by Gasteiger charge is -2.29. The smallest absolute Gasteiger partial charge is 0.167 e. The molecule has 0 atom stereocenters. The highest BCUT2D eigenvalue weighted by molar-refractivity contribution is 5.56. The maximum Gasteiger partial charge on any atom is 0.167 e. The number of aryl methyl sites for hydroxylation is 1. The molecule has 0 amide bonds. The van der Waals surface area contributed by atoms with Crippen LogP contribution in [0.3, 0.4) is 0 Å². The van der Waals surface area contributed by atoms with E-state index in [0.29, 0.717) is 23.3 Å². The highest BCUT2D eigenvalue weighted by atomic mass is 15.2.